The van der Waals surface area contributed by atoms with Crippen molar-refractivity contribution in [2.45, 2.75) is 6.92 Å². The van der Waals surface area contributed by atoms with Crippen LogP contribution in [0.5, 0.6) is 0 Å². The average Bonchev–Trinajstić information content (AvgIpc) is 2.30. The number of benzene rings is 1. The largest absolute Gasteiger partial charge is 0.461 e. The molecule has 0 saturated heterocycles. The second kappa shape index (κ2) is 6.51. The summed E-state index contributed by atoms with van der Waals surface area (Å²) in [5, 5.41) is 12.9. The Kier molecular flexibility index (Phi) is 4.98. The number of anilines is 1. The number of rotatable bonds is 4. The summed E-state index contributed by atoms with van der Waals surface area (Å²) in [6.45, 7) is 1.84. The van der Waals surface area contributed by atoms with Gasteiger partial charge in [-0.2, -0.15) is 10.4 Å². The molecule has 1 aromatic carbocycles. The Morgan fingerprint density at radius 3 is 3.00 bits per heavy atom. The van der Waals surface area contributed by atoms with Gasteiger partial charge in [-0.05, 0) is 25.1 Å². The van der Waals surface area contributed by atoms with Gasteiger partial charge in [0.25, 0.3) is 0 Å². The smallest absolute Gasteiger partial charge is 0.369 e. The number of hydrogen-bond donors (Lipinski definition) is 1. The van der Waals surface area contributed by atoms with Crippen LogP contribution >= 0.6 is 11.6 Å². The molecule has 5 nitrogen and oxygen atoms in total. The SMILES string of the molecule is CCOC(=O)C(C#N)=NNc1cccc(Cl)c1. The fraction of sp³-hybridized carbons (Fsp3) is 0.182. The minimum Gasteiger partial charge on any atom is -0.461 e. The van der Waals surface area contributed by atoms with Crippen molar-refractivity contribution >= 4 is 29.0 Å². The summed E-state index contributed by atoms with van der Waals surface area (Å²) < 4.78 is 4.65. The number of nitrogens with zero attached hydrogens (tertiary/aromatic N) is 2. The highest BCUT2D eigenvalue weighted by Crippen LogP contribution is 2.14. The van der Waals surface area contributed by atoms with Gasteiger partial charge < -0.3 is 4.74 Å². The van der Waals surface area contributed by atoms with Crippen LogP contribution in [-0.2, 0) is 9.53 Å². The van der Waals surface area contributed by atoms with Crippen molar-refractivity contribution in [1.29, 1.82) is 5.26 Å². The van der Waals surface area contributed by atoms with Crippen LogP contribution in [0.1, 0.15) is 6.92 Å². The first-order valence-corrected chi connectivity index (χ1v) is 5.21. The van der Waals surface area contributed by atoms with E-state index < -0.39 is 5.97 Å². The normalized spacial score (nSPS) is 10.5. The number of nitriles is 1. The van der Waals surface area contributed by atoms with Gasteiger partial charge in [0.1, 0.15) is 6.07 Å². The van der Waals surface area contributed by atoms with E-state index in [1.165, 1.54) is 0 Å². The molecular formula is C11H10ClN3O2. The third-order valence-corrected chi connectivity index (χ3v) is 1.93. The second-order valence-electron chi connectivity index (χ2n) is 2.91. The van der Waals surface area contributed by atoms with Crippen LogP contribution in [0.3, 0.4) is 0 Å². The van der Waals surface area contributed by atoms with E-state index in [2.05, 4.69) is 15.3 Å². The first-order chi connectivity index (χ1) is 8.17. The lowest BCUT2D eigenvalue weighted by atomic mass is 10.3. The number of esters is 1. The Morgan fingerprint density at radius 1 is 1.65 bits per heavy atom. The predicted molar refractivity (Wildman–Crippen MR) is 64.8 cm³/mol. The summed E-state index contributed by atoms with van der Waals surface area (Å²) >= 11 is 5.76. The molecule has 6 heteroatoms. The lowest BCUT2D eigenvalue weighted by Gasteiger charge is -2.02. The second-order valence-corrected chi connectivity index (χ2v) is 3.35. The molecule has 0 aromatic heterocycles. The van der Waals surface area contributed by atoms with E-state index in [4.69, 9.17) is 16.9 Å². The quantitative estimate of drug-likeness (QED) is 0.506. The monoisotopic (exact) mass is 251 g/mol. The Balaban J connectivity index is 2.75. The maximum Gasteiger partial charge on any atom is 0.369 e. The highest BCUT2D eigenvalue weighted by Gasteiger charge is 2.11. The Labute approximate surface area is 104 Å². The van der Waals surface area contributed by atoms with Gasteiger partial charge in [-0.1, -0.05) is 17.7 Å². The zero-order valence-electron chi connectivity index (χ0n) is 9.11. The third kappa shape index (κ3) is 4.13. The topological polar surface area (TPSA) is 74.5 Å². The molecule has 0 aliphatic heterocycles. The molecule has 0 spiro atoms. The van der Waals surface area contributed by atoms with Crippen molar-refractivity contribution in [2.75, 3.05) is 12.0 Å². The van der Waals surface area contributed by atoms with E-state index >= 15 is 0 Å². The molecule has 1 N–H and O–H groups in total. The zero-order valence-corrected chi connectivity index (χ0v) is 9.86. The van der Waals surface area contributed by atoms with Gasteiger partial charge in [-0.25, -0.2) is 4.79 Å². The molecule has 88 valence electrons. The van der Waals surface area contributed by atoms with Gasteiger partial charge in [0.15, 0.2) is 0 Å². The van der Waals surface area contributed by atoms with E-state index in [-0.39, 0.29) is 12.3 Å². The molecule has 0 bridgehead atoms. The van der Waals surface area contributed by atoms with Crippen molar-refractivity contribution in [3.05, 3.63) is 29.3 Å². The van der Waals surface area contributed by atoms with Crippen LogP contribution in [0.25, 0.3) is 0 Å². The van der Waals surface area contributed by atoms with Crippen molar-refractivity contribution in [2.24, 2.45) is 5.10 Å². The summed E-state index contributed by atoms with van der Waals surface area (Å²) in [5.74, 6) is -0.760. The summed E-state index contributed by atoms with van der Waals surface area (Å²) in [4.78, 5) is 11.2. The maximum absolute atomic E-state index is 11.2. The number of hydrazone groups is 1. The van der Waals surface area contributed by atoms with Crippen molar-refractivity contribution in [3.8, 4) is 6.07 Å². The van der Waals surface area contributed by atoms with Gasteiger partial charge in [0, 0.05) is 5.02 Å². The first kappa shape index (κ1) is 13.0. The average molecular weight is 252 g/mol. The minimum absolute atomic E-state index is 0.191. The van der Waals surface area contributed by atoms with E-state index in [1.807, 2.05) is 0 Å². The molecule has 17 heavy (non-hydrogen) atoms. The molecular weight excluding hydrogens is 242 g/mol. The summed E-state index contributed by atoms with van der Waals surface area (Å²) in [6.07, 6.45) is 0. The number of nitrogens with one attached hydrogen (secondary N) is 1. The fourth-order valence-electron chi connectivity index (χ4n) is 0.994. The highest BCUT2D eigenvalue weighted by molar-refractivity contribution is 6.43. The van der Waals surface area contributed by atoms with Gasteiger partial charge >= 0.3 is 5.97 Å². The molecule has 0 saturated carbocycles. The Bertz CT molecular complexity index is 480. The number of carbonyl (C=O) groups excluding carboxylic acids is 1. The van der Waals surface area contributed by atoms with Crippen LogP contribution in [0.4, 0.5) is 5.69 Å². The molecule has 0 fully saturated rings. The van der Waals surface area contributed by atoms with Gasteiger partial charge in [0.05, 0.1) is 12.3 Å². The molecule has 0 amide bonds. The lowest BCUT2D eigenvalue weighted by Crippen LogP contribution is -2.17. The predicted octanol–water partition coefficient (Wildman–Crippen LogP) is 2.19. The van der Waals surface area contributed by atoms with Crippen molar-refractivity contribution in [3.63, 3.8) is 0 Å². The number of ether oxygens (including phenoxy) is 1. The Hall–Kier alpha value is -2.06. The maximum atomic E-state index is 11.2. The molecule has 0 radical (unpaired) electrons. The minimum atomic E-state index is -0.760. The first-order valence-electron chi connectivity index (χ1n) is 4.84. The molecule has 0 unspecified atom stereocenters. The highest BCUT2D eigenvalue weighted by atomic mass is 35.5. The van der Waals surface area contributed by atoms with E-state index in [1.54, 1.807) is 37.3 Å². The molecule has 0 aliphatic carbocycles. The summed E-state index contributed by atoms with van der Waals surface area (Å²) in [7, 11) is 0. The molecule has 0 heterocycles. The lowest BCUT2D eigenvalue weighted by molar-refractivity contribution is -0.134. The van der Waals surface area contributed by atoms with Crippen LogP contribution in [0.15, 0.2) is 29.4 Å². The van der Waals surface area contributed by atoms with Gasteiger partial charge in [-0.15, -0.1) is 0 Å². The number of hydrogen-bond acceptors (Lipinski definition) is 5. The molecule has 0 aliphatic rings. The van der Waals surface area contributed by atoms with Crippen LogP contribution in [-0.4, -0.2) is 18.3 Å². The van der Waals surface area contributed by atoms with Gasteiger partial charge in [-0.3, -0.25) is 5.43 Å². The van der Waals surface area contributed by atoms with Crippen LogP contribution in [0.2, 0.25) is 5.02 Å². The summed E-state index contributed by atoms with van der Waals surface area (Å²) in [6, 6.07) is 8.39. The molecule has 0 atom stereocenters. The third-order valence-electron chi connectivity index (χ3n) is 1.70. The van der Waals surface area contributed by atoms with E-state index in [9.17, 15) is 4.79 Å². The summed E-state index contributed by atoms with van der Waals surface area (Å²) in [5.41, 5.74) is 2.79. The zero-order chi connectivity index (χ0) is 12.7. The van der Waals surface area contributed by atoms with Crippen LogP contribution in [0, 0.1) is 11.3 Å². The molecule has 1 rings (SSSR count). The van der Waals surface area contributed by atoms with E-state index in [0.29, 0.717) is 10.7 Å². The Morgan fingerprint density at radius 2 is 2.41 bits per heavy atom. The molecule has 1 aromatic rings. The number of halogens is 1. The van der Waals surface area contributed by atoms with E-state index in [0.717, 1.165) is 0 Å². The fourth-order valence-corrected chi connectivity index (χ4v) is 1.18. The number of carbonyl (C=O) groups is 1. The van der Waals surface area contributed by atoms with Crippen molar-refractivity contribution < 1.29 is 9.53 Å². The van der Waals surface area contributed by atoms with Crippen LogP contribution < -0.4 is 5.43 Å². The van der Waals surface area contributed by atoms with Gasteiger partial charge in [0.2, 0.25) is 5.71 Å². The standard InChI is InChI=1S/C11H10ClN3O2/c1-2-17-11(16)10(7-13)15-14-9-5-3-4-8(12)6-9/h3-6,14H,2H2,1H3. The van der Waals surface area contributed by atoms with Crippen molar-refractivity contribution in [1.82, 2.24) is 0 Å².